The first-order valence-corrected chi connectivity index (χ1v) is 16.2. The maximum atomic E-state index is 13.7. The number of H-pyrrole nitrogens is 1. The molecule has 0 aliphatic carbocycles. The number of hydrogen-bond acceptors (Lipinski definition) is 13. The summed E-state index contributed by atoms with van der Waals surface area (Å²) in [5.74, 6) is -3.19. The van der Waals surface area contributed by atoms with Gasteiger partial charge in [-0.25, -0.2) is 4.79 Å². The van der Waals surface area contributed by atoms with Gasteiger partial charge in [0.1, 0.15) is 45.0 Å². The van der Waals surface area contributed by atoms with E-state index in [2.05, 4.69) is 41.2 Å². The number of nitrogens with zero attached hydrogens (tertiary/aromatic N) is 7. The summed E-state index contributed by atoms with van der Waals surface area (Å²) in [4.78, 5) is 73.8. The molecule has 5 N–H and O–H groups in total. The molecule has 7 rings (SSSR count). The van der Waals surface area contributed by atoms with E-state index < -0.39 is 46.6 Å². The summed E-state index contributed by atoms with van der Waals surface area (Å²) in [6.07, 6.45) is 2.63. The molecule has 19 heteroatoms. The molecule has 48 heavy (non-hydrogen) atoms. The van der Waals surface area contributed by atoms with E-state index in [0.717, 1.165) is 4.90 Å². The first kappa shape index (κ1) is 30.8. The summed E-state index contributed by atoms with van der Waals surface area (Å²) in [6.45, 7) is 0. The first-order chi connectivity index (χ1) is 23.2. The number of fused-ring (bicyclic) bond motifs is 3. The van der Waals surface area contributed by atoms with Crippen molar-refractivity contribution in [2.45, 2.75) is 22.5 Å². The van der Waals surface area contributed by atoms with Gasteiger partial charge >= 0.3 is 5.97 Å². The van der Waals surface area contributed by atoms with E-state index in [-0.39, 0.29) is 39.6 Å². The van der Waals surface area contributed by atoms with Crippen LogP contribution in [0, 0.1) is 0 Å². The molecule has 6 heterocycles. The standard InChI is InChI=1S/C29H22N10O7S2/c40-15-5-3-13(4-6-15)20(32-25(42)16-10-31-17-2-1-9-30-21(17)24(16)41)26(43)33-22-27(44)38-23(29(45)46)14(12-48-28(22)38)11-47-19-8-7-18-34-36-37-39(18)35-19/h1-10,20,22,28,40H,11-12H2,(H,31,41)(H,32,42)(H,33,43)(H,45,46)/t20?,22?,28-/m1/s1. The quantitative estimate of drug-likeness (QED) is 0.105. The van der Waals surface area contributed by atoms with Crippen LogP contribution in [0.5, 0.6) is 5.75 Å². The number of pyridine rings is 2. The molecular formula is C29H22N10O7S2. The number of carboxylic acid groups (broad SMARTS) is 1. The zero-order valence-corrected chi connectivity index (χ0v) is 25.9. The minimum atomic E-state index is -1.39. The second kappa shape index (κ2) is 12.4. The van der Waals surface area contributed by atoms with Crippen LogP contribution in [0.2, 0.25) is 0 Å². The molecule has 0 bridgehead atoms. The molecule has 3 amide bonds. The highest BCUT2D eigenvalue weighted by atomic mass is 32.2. The van der Waals surface area contributed by atoms with Gasteiger partial charge in [0.15, 0.2) is 5.65 Å². The Labute approximate surface area is 276 Å². The smallest absolute Gasteiger partial charge is 0.352 e. The van der Waals surface area contributed by atoms with Crippen LogP contribution in [-0.2, 0) is 14.4 Å². The predicted molar refractivity (Wildman–Crippen MR) is 170 cm³/mol. The molecule has 1 saturated heterocycles. The number of aromatic nitrogens is 7. The van der Waals surface area contributed by atoms with Crippen LogP contribution >= 0.6 is 23.5 Å². The van der Waals surface area contributed by atoms with Gasteiger partial charge in [0.05, 0.1) is 5.52 Å². The maximum Gasteiger partial charge on any atom is 0.352 e. The van der Waals surface area contributed by atoms with E-state index in [1.807, 2.05) is 0 Å². The zero-order chi connectivity index (χ0) is 33.5. The molecule has 0 radical (unpaired) electrons. The Kier molecular flexibility index (Phi) is 7.97. The number of phenolic OH excluding ortho intramolecular Hbond substituents is 1. The van der Waals surface area contributed by atoms with Crippen molar-refractivity contribution in [3.8, 4) is 5.75 Å². The average molecular weight is 687 g/mol. The number of benzene rings is 1. The molecule has 17 nitrogen and oxygen atoms in total. The summed E-state index contributed by atoms with van der Waals surface area (Å²) < 4.78 is 1.25. The van der Waals surface area contributed by atoms with Crippen LogP contribution in [0.4, 0.5) is 0 Å². The van der Waals surface area contributed by atoms with E-state index in [1.54, 1.807) is 24.3 Å². The molecule has 1 fully saturated rings. The Morgan fingerprint density at radius 3 is 2.73 bits per heavy atom. The largest absolute Gasteiger partial charge is 0.508 e. The normalized spacial score (nSPS) is 17.9. The molecule has 1 aromatic carbocycles. The fraction of sp³-hybridized carbons (Fsp3) is 0.172. The SMILES string of the molecule is O=C(O)C1=C(CSc2ccc3nnnn3n2)CS[C@@H]2C(NC(=O)C(NC(=O)c3c[nH]c4cccnc4c3=O)c3ccc(O)cc3)C(=O)N12. The molecule has 242 valence electrons. The molecular weight excluding hydrogens is 665 g/mol. The van der Waals surface area contributed by atoms with Crippen molar-refractivity contribution in [2.75, 3.05) is 11.5 Å². The highest BCUT2D eigenvalue weighted by molar-refractivity contribution is 8.01. The van der Waals surface area contributed by atoms with Gasteiger partial charge in [0.2, 0.25) is 11.3 Å². The second-order valence-electron chi connectivity index (χ2n) is 10.6. The summed E-state index contributed by atoms with van der Waals surface area (Å²) in [5.41, 5.74) is 0.552. The van der Waals surface area contributed by atoms with Gasteiger partial charge in [-0.05, 0) is 58.0 Å². The number of aliphatic carboxylic acids is 1. The van der Waals surface area contributed by atoms with E-state index in [9.17, 15) is 34.2 Å². The minimum Gasteiger partial charge on any atom is -0.508 e. The highest BCUT2D eigenvalue weighted by Gasteiger charge is 2.54. The molecule has 4 aromatic heterocycles. The van der Waals surface area contributed by atoms with Crippen LogP contribution in [0.3, 0.4) is 0 Å². The van der Waals surface area contributed by atoms with Gasteiger partial charge < -0.3 is 25.8 Å². The number of tetrazole rings is 1. The lowest BCUT2D eigenvalue weighted by Crippen LogP contribution is -2.71. The van der Waals surface area contributed by atoms with Crippen molar-refractivity contribution < 1.29 is 29.4 Å². The lowest BCUT2D eigenvalue weighted by molar-refractivity contribution is -0.151. The van der Waals surface area contributed by atoms with Gasteiger partial charge in [-0.3, -0.25) is 29.1 Å². The third kappa shape index (κ3) is 5.58. The predicted octanol–water partition coefficient (Wildman–Crippen LogP) is 0.463. The Hall–Kier alpha value is -5.82. The van der Waals surface area contributed by atoms with Crippen LogP contribution in [0.1, 0.15) is 22.0 Å². The minimum absolute atomic E-state index is 0.0372. The van der Waals surface area contributed by atoms with Gasteiger partial charge in [0.25, 0.3) is 11.8 Å². The summed E-state index contributed by atoms with van der Waals surface area (Å²) in [5, 5.41) is 40.3. The number of rotatable bonds is 9. The molecule has 2 unspecified atom stereocenters. The fourth-order valence-corrected chi connectivity index (χ4v) is 7.63. The van der Waals surface area contributed by atoms with Crippen LogP contribution in [-0.4, -0.2) is 96.9 Å². The third-order valence-electron chi connectivity index (χ3n) is 7.64. The van der Waals surface area contributed by atoms with Crippen molar-refractivity contribution in [1.29, 1.82) is 0 Å². The summed E-state index contributed by atoms with van der Waals surface area (Å²) >= 11 is 2.54. The topological polar surface area (TPSA) is 238 Å². The van der Waals surface area contributed by atoms with Crippen molar-refractivity contribution >= 4 is 63.9 Å². The van der Waals surface area contributed by atoms with Crippen LogP contribution < -0.4 is 16.1 Å². The first-order valence-electron chi connectivity index (χ1n) is 14.1. The number of aromatic amines is 1. The zero-order valence-electron chi connectivity index (χ0n) is 24.3. The van der Waals surface area contributed by atoms with E-state index in [1.165, 1.54) is 64.8 Å². The number of carboxylic acids is 1. The number of hydrogen-bond donors (Lipinski definition) is 5. The van der Waals surface area contributed by atoms with E-state index in [4.69, 9.17) is 0 Å². The molecule has 2 aliphatic rings. The van der Waals surface area contributed by atoms with Gasteiger partial charge in [-0.15, -0.1) is 38.4 Å². The van der Waals surface area contributed by atoms with E-state index in [0.29, 0.717) is 21.8 Å². The average Bonchev–Trinajstić information content (AvgIpc) is 3.57. The second-order valence-corrected chi connectivity index (χ2v) is 12.7. The number of thioether (sulfide) groups is 2. The van der Waals surface area contributed by atoms with Crippen molar-refractivity contribution in [2.24, 2.45) is 0 Å². The van der Waals surface area contributed by atoms with Crippen molar-refractivity contribution in [3.63, 3.8) is 0 Å². The lowest BCUT2D eigenvalue weighted by atomic mass is 10.0. The summed E-state index contributed by atoms with van der Waals surface area (Å²) in [7, 11) is 0. The van der Waals surface area contributed by atoms with Crippen LogP contribution in [0.25, 0.3) is 16.7 Å². The van der Waals surface area contributed by atoms with Crippen LogP contribution in [0.15, 0.2) is 82.0 Å². The Morgan fingerprint density at radius 1 is 1.12 bits per heavy atom. The Balaban J connectivity index is 1.09. The molecule has 5 aromatic rings. The fourth-order valence-electron chi connectivity index (χ4n) is 5.29. The molecule has 0 saturated carbocycles. The highest BCUT2D eigenvalue weighted by Crippen LogP contribution is 2.41. The number of aromatic hydroxyl groups is 1. The Bertz CT molecular complexity index is 2220. The summed E-state index contributed by atoms with van der Waals surface area (Å²) in [6, 6.07) is 9.61. The number of nitrogens with one attached hydrogen (secondary N) is 3. The van der Waals surface area contributed by atoms with E-state index >= 15 is 0 Å². The maximum absolute atomic E-state index is 13.7. The van der Waals surface area contributed by atoms with Gasteiger partial charge in [0, 0.05) is 23.9 Å². The number of amides is 3. The van der Waals surface area contributed by atoms with Gasteiger partial charge in [-0.2, -0.15) is 0 Å². The number of phenols is 1. The number of carbonyl (C=O) groups is 4. The molecule has 2 aliphatic heterocycles. The number of β-lactam (4-membered cyclic amide) rings is 1. The molecule has 0 spiro atoms. The molecule has 3 atom stereocenters. The number of carbonyl (C=O) groups excluding carboxylic acids is 3. The lowest BCUT2D eigenvalue weighted by Gasteiger charge is -2.49. The Morgan fingerprint density at radius 2 is 1.94 bits per heavy atom. The van der Waals surface area contributed by atoms with Gasteiger partial charge in [-0.1, -0.05) is 12.1 Å². The monoisotopic (exact) mass is 686 g/mol. The third-order valence-corrected chi connectivity index (χ3v) is 9.98. The van der Waals surface area contributed by atoms with Crippen molar-refractivity contribution in [3.05, 3.63) is 93.5 Å². The van der Waals surface area contributed by atoms with Crippen molar-refractivity contribution in [1.82, 2.24) is 50.8 Å².